The van der Waals surface area contributed by atoms with Crippen LogP contribution in [0.15, 0.2) is 30.9 Å². The van der Waals surface area contributed by atoms with Gasteiger partial charge in [-0.25, -0.2) is 23.2 Å². The van der Waals surface area contributed by atoms with E-state index in [-0.39, 0.29) is 37.0 Å². The number of hydrogen-bond acceptors (Lipinski definition) is 11. The van der Waals surface area contributed by atoms with Crippen molar-refractivity contribution in [1.29, 1.82) is 0 Å². The van der Waals surface area contributed by atoms with E-state index in [1.807, 2.05) is 6.92 Å². The van der Waals surface area contributed by atoms with Gasteiger partial charge in [-0.15, -0.1) is 6.58 Å². The van der Waals surface area contributed by atoms with Crippen LogP contribution in [0.2, 0.25) is 5.15 Å². The minimum Gasteiger partial charge on any atom is -0.497 e. The van der Waals surface area contributed by atoms with E-state index in [0.29, 0.717) is 36.0 Å². The van der Waals surface area contributed by atoms with Crippen LogP contribution in [-0.4, -0.2) is 95.8 Å². The van der Waals surface area contributed by atoms with Gasteiger partial charge >= 0.3 is 6.09 Å². The fourth-order valence-electron chi connectivity index (χ4n) is 6.34. The van der Waals surface area contributed by atoms with Crippen LogP contribution in [0.25, 0.3) is 11.0 Å². The summed E-state index contributed by atoms with van der Waals surface area (Å²) in [5.41, 5.74) is -1.50. The second kappa shape index (κ2) is 15.3. The quantitative estimate of drug-likeness (QED) is 0.175. The van der Waals surface area contributed by atoms with Crippen LogP contribution < -0.4 is 24.8 Å². The molecule has 5 atom stereocenters. The summed E-state index contributed by atoms with van der Waals surface area (Å²) in [5, 5.41) is 5.42. The summed E-state index contributed by atoms with van der Waals surface area (Å²) < 4.78 is 43.9. The first-order chi connectivity index (χ1) is 24.9. The Morgan fingerprint density at radius 3 is 2.47 bits per heavy atom. The monoisotopic (exact) mass is 776 g/mol. The van der Waals surface area contributed by atoms with Gasteiger partial charge in [0.15, 0.2) is 5.15 Å². The number of carbonyl (C=O) groups is 4. The highest BCUT2D eigenvalue weighted by Crippen LogP contribution is 2.47. The molecule has 4 amide bonds. The molecule has 5 rings (SSSR count). The third kappa shape index (κ3) is 8.64. The number of alkyl carbamates (subject to hydrolysis) is 1. The van der Waals surface area contributed by atoms with Crippen LogP contribution >= 0.6 is 11.6 Å². The van der Waals surface area contributed by atoms with Gasteiger partial charge in [-0.3, -0.25) is 19.1 Å². The van der Waals surface area contributed by atoms with Crippen LogP contribution in [0.5, 0.6) is 11.6 Å². The highest BCUT2D eigenvalue weighted by atomic mass is 35.5. The zero-order valence-corrected chi connectivity index (χ0v) is 32.6. The topological polar surface area (TPSA) is 195 Å². The molecule has 17 heteroatoms. The molecule has 1 aliphatic heterocycles. The Balaban J connectivity index is 1.42. The lowest BCUT2D eigenvalue weighted by molar-refractivity contribution is -0.142. The van der Waals surface area contributed by atoms with Crippen molar-refractivity contribution in [1.82, 2.24) is 30.2 Å². The van der Waals surface area contributed by atoms with Crippen molar-refractivity contribution in [2.45, 2.75) is 108 Å². The maximum atomic E-state index is 14.4. The number of methoxy groups -OCH3 is 1. The lowest BCUT2D eigenvalue weighted by Crippen LogP contribution is -2.60. The summed E-state index contributed by atoms with van der Waals surface area (Å²) in [7, 11) is -2.50. The van der Waals surface area contributed by atoms with Crippen molar-refractivity contribution in [2.75, 3.05) is 20.3 Å². The molecule has 0 unspecified atom stereocenters. The maximum Gasteiger partial charge on any atom is 0.407 e. The van der Waals surface area contributed by atoms with Crippen LogP contribution in [-0.2, 0) is 29.1 Å². The Kier molecular flexibility index (Phi) is 11.5. The lowest BCUT2D eigenvalue weighted by atomic mass is 9.85. The molecule has 0 bridgehead atoms. The van der Waals surface area contributed by atoms with Crippen LogP contribution in [0.4, 0.5) is 4.79 Å². The van der Waals surface area contributed by atoms with E-state index in [4.69, 9.17) is 25.8 Å². The Morgan fingerprint density at radius 1 is 1.15 bits per heavy atom. The van der Waals surface area contributed by atoms with E-state index < -0.39 is 73.6 Å². The number of nitrogens with zero attached hydrogens (tertiary/aromatic N) is 3. The smallest absolute Gasteiger partial charge is 0.407 e. The lowest BCUT2D eigenvalue weighted by Gasteiger charge is -2.35. The maximum absolute atomic E-state index is 14.4. The molecule has 290 valence electrons. The van der Waals surface area contributed by atoms with E-state index in [1.54, 1.807) is 45.9 Å². The SMILES string of the molecule is C=C[C@@H]1C[C@]1(NC(=O)[C@@H]1C[C@@H](Oc2nc3cc(OC)ccc3nc2Cl)CN1C(=O)[C@@H](NC(=O)OCCCCC)C(C)(C)C)C(=O)NS(=O)(=O)C1(C)CC1. The predicted molar refractivity (Wildman–Crippen MR) is 197 cm³/mol. The summed E-state index contributed by atoms with van der Waals surface area (Å²) in [5.74, 6) is -2.23. The molecule has 0 spiro atoms. The predicted octanol–water partition coefficient (Wildman–Crippen LogP) is 4.03. The number of fused-ring (bicyclic) bond motifs is 1. The van der Waals surface area contributed by atoms with Gasteiger partial charge in [0.05, 0.1) is 36.0 Å². The van der Waals surface area contributed by atoms with Gasteiger partial charge in [0, 0.05) is 18.4 Å². The first kappa shape index (κ1) is 40.0. The Morgan fingerprint density at radius 2 is 1.87 bits per heavy atom. The van der Waals surface area contributed by atoms with Gasteiger partial charge < -0.3 is 29.7 Å². The molecule has 3 fully saturated rings. The molecular formula is C36H49ClN6O9S. The van der Waals surface area contributed by atoms with Gasteiger partial charge in [-0.1, -0.05) is 58.2 Å². The molecule has 3 aliphatic rings. The van der Waals surface area contributed by atoms with E-state index in [2.05, 4.69) is 31.9 Å². The van der Waals surface area contributed by atoms with Gasteiger partial charge in [0.2, 0.25) is 21.8 Å². The van der Waals surface area contributed by atoms with E-state index in [0.717, 1.165) is 12.8 Å². The molecule has 2 aliphatic carbocycles. The summed E-state index contributed by atoms with van der Waals surface area (Å²) in [6.07, 6.45) is 3.23. The number of hydrogen-bond donors (Lipinski definition) is 3. The first-order valence-electron chi connectivity index (χ1n) is 17.8. The molecule has 53 heavy (non-hydrogen) atoms. The van der Waals surface area contributed by atoms with E-state index in [9.17, 15) is 27.6 Å². The van der Waals surface area contributed by atoms with E-state index >= 15 is 0 Å². The van der Waals surface area contributed by atoms with Crippen molar-refractivity contribution < 1.29 is 41.8 Å². The summed E-state index contributed by atoms with van der Waals surface area (Å²) >= 11 is 6.48. The number of amides is 4. The van der Waals surface area contributed by atoms with Crippen molar-refractivity contribution >= 4 is 56.5 Å². The molecule has 2 heterocycles. The standard InChI is InChI=1S/C36H49ClN6O9S/c1-8-10-11-16-51-33(47)40-27(34(3,4)5)31(45)43-20-23(52-30-28(37)38-24-13-12-22(50-7)17-25(24)39-30)18-26(43)29(44)41-36(19-21(36)9-2)32(46)42-53(48,49)35(6)14-15-35/h9,12-13,17,21,23,26-27H,2,8,10-11,14-16,18-20H2,1,3-7H3,(H,40,47)(H,41,44)(H,42,46)/t21-,23-,26+,27-,36-/m1/s1. The van der Waals surface area contributed by atoms with Gasteiger partial charge in [0.1, 0.15) is 29.5 Å². The number of ether oxygens (including phenoxy) is 3. The van der Waals surface area contributed by atoms with Crippen LogP contribution in [0, 0.1) is 11.3 Å². The van der Waals surface area contributed by atoms with Gasteiger partial charge in [0.25, 0.3) is 11.8 Å². The zero-order chi connectivity index (χ0) is 38.9. The number of nitrogens with one attached hydrogen (secondary N) is 3. The molecular weight excluding hydrogens is 728 g/mol. The highest BCUT2D eigenvalue weighted by Gasteiger charge is 2.63. The minimum absolute atomic E-state index is 0.0319. The van der Waals surface area contributed by atoms with Crippen molar-refractivity contribution in [3.05, 3.63) is 36.0 Å². The molecule has 15 nitrogen and oxygen atoms in total. The largest absolute Gasteiger partial charge is 0.497 e. The summed E-state index contributed by atoms with van der Waals surface area (Å²) in [6, 6.07) is 2.73. The van der Waals surface area contributed by atoms with Crippen molar-refractivity contribution in [2.24, 2.45) is 11.3 Å². The number of halogens is 1. The summed E-state index contributed by atoms with van der Waals surface area (Å²) in [4.78, 5) is 65.3. The third-order valence-corrected chi connectivity index (χ3v) is 12.6. The highest BCUT2D eigenvalue weighted by molar-refractivity contribution is 7.91. The van der Waals surface area contributed by atoms with E-state index in [1.165, 1.54) is 18.1 Å². The average molecular weight is 777 g/mol. The summed E-state index contributed by atoms with van der Waals surface area (Å²) in [6.45, 7) is 12.7. The molecule has 1 aromatic heterocycles. The molecule has 1 aromatic carbocycles. The number of sulfonamides is 1. The third-order valence-electron chi connectivity index (χ3n) is 10.2. The van der Waals surface area contributed by atoms with Gasteiger partial charge in [-0.2, -0.15) is 0 Å². The Bertz CT molecular complexity index is 1880. The number of rotatable bonds is 15. The number of aromatic nitrogens is 2. The fourth-order valence-corrected chi connectivity index (χ4v) is 7.83. The molecule has 2 aromatic rings. The van der Waals surface area contributed by atoms with Gasteiger partial charge in [-0.05, 0) is 50.2 Å². The fraction of sp³-hybridized carbons (Fsp3) is 0.611. The number of likely N-dealkylation sites (tertiary alicyclic amines) is 1. The molecule has 0 radical (unpaired) electrons. The molecule has 2 saturated carbocycles. The zero-order valence-electron chi connectivity index (χ0n) is 31.0. The Labute approximate surface area is 315 Å². The molecule has 1 saturated heterocycles. The minimum atomic E-state index is -4.01. The van der Waals surface area contributed by atoms with Crippen molar-refractivity contribution in [3.63, 3.8) is 0 Å². The van der Waals surface area contributed by atoms with Crippen molar-refractivity contribution in [3.8, 4) is 11.6 Å². The number of benzene rings is 1. The molecule has 3 N–H and O–H groups in total. The van der Waals surface area contributed by atoms with Crippen LogP contribution in [0.1, 0.15) is 79.6 Å². The second-order valence-electron chi connectivity index (χ2n) is 15.3. The number of carbonyl (C=O) groups excluding carboxylic acids is 4. The Hall–Kier alpha value is -4.18. The number of unbranched alkanes of at least 4 members (excludes halogenated alkanes) is 2. The van der Waals surface area contributed by atoms with Crippen LogP contribution in [0.3, 0.4) is 0 Å². The normalized spacial score (nSPS) is 23.8. The second-order valence-corrected chi connectivity index (χ2v) is 17.9. The average Bonchev–Trinajstić information content (AvgIpc) is 3.98. The first-order valence-corrected chi connectivity index (χ1v) is 19.7.